The first-order valence-electron chi connectivity index (χ1n) is 8.54. The van der Waals surface area contributed by atoms with Crippen LogP contribution in [0.2, 0.25) is 0 Å². The van der Waals surface area contributed by atoms with Crippen molar-refractivity contribution < 1.29 is 0 Å². The molecule has 2 nitrogen and oxygen atoms in total. The molecule has 0 aliphatic carbocycles. The van der Waals surface area contributed by atoms with E-state index in [2.05, 4.69) is 91.2 Å². The van der Waals surface area contributed by atoms with E-state index in [0.717, 1.165) is 13.1 Å². The van der Waals surface area contributed by atoms with Crippen LogP contribution in [0.1, 0.15) is 33.4 Å². The molecular formula is C21H26N2Se. The molecule has 3 rings (SSSR count). The van der Waals surface area contributed by atoms with Crippen LogP contribution in [0.3, 0.4) is 0 Å². The van der Waals surface area contributed by atoms with Crippen LogP contribution in [0.25, 0.3) is 0 Å². The van der Waals surface area contributed by atoms with Crippen molar-refractivity contribution in [3.63, 3.8) is 0 Å². The summed E-state index contributed by atoms with van der Waals surface area (Å²) in [6.45, 7) is 15.2. The van der Waals surface area contributed by atoms with Crippen molar-refractivity contribution in [2.45, 2.75) is 41.5 Å². The van der Waals surface area contributed by atoms with E-state index in [9.17, 15) is 0 Å². The maximum absolute atomic E-state index is 3.34. The molecule has 24 heavy (non-hydrogen) atoms. The van der Waals surface area contributed by atoms with E-state index < -0.39 is 0 Å². The molecule has 1 aliphatic heterocycles. The molecule has 1 aliphatic rings. The molecular weight excluding hydrogens is 359 g/mol. The minimum absolute atomic E-state index is 1.01. The van der Waals surface area contributed by atoms with Crippen LogP contribution in [0.15, 0.2) is 24.3 Å². The van der Waals surface area contributed by atoms with Crippen molar-refractivity contribution in [2.75, 3.05) is 22.9 Å². The summed E-state index contributed by atoms with van der Waals surface area (Å²) in [5.41, 5.74) is 10.7. The third-order valence-corrected chi connectivity index (χ3v) is 5.74. The molecule has 0 unspecified atom stereocenters. The van der Waals surface area contributed by atoms with E-state index >= 15 is 0 Å². The molecule has 0 spiro atoms. The summed E-state index contributed by atoms with van der Waals surface area (Å²) in [4.78, 5) is 4.87. The van der Waals surface area contributed by atoms with Crippen LogP contribution in [0.4, 0.5) is 11.4 Å². The van der Waals surface area contributed by atoms with Gasteiger partial charge in [-0.2, -0.15) is 0 Å². The summed E-state index contributed by atoms with van der Waals surface area (Å²) in [5.74, 6) is 0. The number of aryl methyl sites for hydroxylation is 6. The van der Waals surface area contributed by atoms with Crippen LogP contribution >= 0.6 is 0 Å². The third kappa shape index (κ3) is 2.92. The molecule has 1 saturated heterocycles. The Balaban J connectivity index is 2.00. The fraction of sp³-hybridized carbons (Fsp3) is 0.381. The Labute approximate surface area is 153 Å². The predicted octanol–water partition coefficient (Wildman–Crippen LogP) is 4.12. The summed E-state index contributed by atoms with van der Waals surface area (Å²) in [6.07, 6.45) is 0. The van der Waals surface area contributed by atoms with E-state index in [1.54, 1.807) is 0 Å². The van der Waals surface area contributed by atoms with Crippen LogP contribution in [0.5, 0.6) is 0 Å². The molecule has 2 aromatic rings. The Hall–Kier alpha value is -1.57. The Morgan fingerprint density at radius 2 is 0.917 bits per heavy atom. The molecule has 1 fully saturated rings. The van der Waals surface area contributed by atoms with E-state index in [0.29, 0.717) is 0 Å². The molecule has 126 valence electrons. The van der Waals surface area contributed by atoms with Gasteiger partial charge in [0.05, 0.1) is 0 Å². The average Bonchev–Trinajstić information content (AvgIpc) is 2.79. The van der Waals surface area contributed by atoms with E-state index in [-0.39, 0.29) is 0 Å². The molecule has 0 N–H and O–H groups in total. The van der Waals surface area contributed by atoms with E-state index in [1.165, 1.54) is 49.4 Å². The van der Waals surface area contributed by atoms with Crippen LogP contribution in [-0.4, -0.2) is 33.3 Å². The summed E-state index contributed by atoms with van der Waals surface area (Å²) >= 11 is 3.34. The second kappa shape index (κ2) is 6.38. The van der Waals surface area contributed by atoms with Crippen LogP contribution in [0, 0.1) is 41.5 Å². The van der Waals surface area contributed by atoms with Gasteiger partial charge in [-0.15, -0.1) is 0 Å². The van der Waals surface area contributed by atoms with Crippen molar-refractivity contribution in [3.05, 3.63) is 57.6 Å². The molecule has 0 saturated carbocycles. The molecule has 0 aromatic heterocycles. The number of rotatable bonds is 2. The molecule has 0 bridgehead atoms. The van der Waals surface area contributed by atoms with Gasteiger partial charge in [0, 0.05) is 0 Å². The summed E-state index contributed by atoms with van der Waals surface area (Å²) in [6, 6.07) is 9.11. The second-order valence-electron chi connectivity index (χ2n) is 7.08. The maximum atomic E-state index is 3.34. The fourth-order valence-electron chi connectivity index (χ4n) is 4.15. The number of anilines is 2. The zero-order chi connectivity index (χ0) is 17.6. The summed E-state index contributed by atoms with van der Waals surface area (Å²) in [5, 5.41) is 0. The van der Waals surface area contributed by atoms with Gasteiger partial charge in [0.1, 0.15) is 0 Å². The molecule has 0 atom stereocenters. The van der Waals surface area contributed by atoms with Gasteiger partial charge < -0.3 is 0 Å². The van der Waals surface area contributed by atoms with Gasteiger partial charge >= 0.3 is 154 Å². The zero-order valence-electron chi connectivity index (χ0n) is 15.5. The fourth-order valence-corrected chi connectivity index (χ4v) is 4.91. The van der Waals surface area contributed by atoms with Crippen molar-refractivity contribution >= 4 is 31.6 Å². The Morgan fingerprint density at radius 1 is 0.625 bits per heavy atom. The number of benzene rings is 2. The monoisotopic (exact) mass is 386 g/mol. The van der Waals surface area contributed by atoms with Gasteiger partial charge in [0.25, 0.3) is 0 Å². The third-order valence-electron chi connectivity index (χ3n) is 4.82. The Kier molecular flexibility index (Phi) is 4.59. The zero-order valence-corrected chi connectivity index (χ0v) is 17.2. The Morgan fingerprint density at radius 3 is 1.21 bits per heavy atom. The van der Waals surface area contributed by atoms with E-state index in [1.807, 2.05) is 0 Å². The molecule has 0 amide bonds. The van der Waals surface area contributed by atoms with Crippen LogP contribution in [-0.2, 0) is 0 Å². The predicted molar refractivity (Wildman–Crippen MR) is 107 cm³/mol. The summed E-state index contributed by atoms with van der Waals surface area (Å²) in [7, 11) is 0. The van der Waals surface area contributed by atoms with Crippen molar-refractivity contribution in [1.29, 1.82) is 0 Å². The SMILES string of the molecule is Cc1cc(C)c(N2CCN(c3c(C)cc(C)cc3C)C2=[Se])c(C)c1. The van der Waals surface area contributed by atoms with Crippen LogP contribution < -0.4 is 9.80 Å². The summed E-state index contributed by atoms with van der Waals surface area (Å²) < 4.78 is 1.21. The van der Waals surface area contributed by atoms with Crippen molar-refractivity contribution in [2.24, 2.45) is 0 Å². The second-order valence-corrected chi connectivity index (χ2v) is 7.85. The van der Waals surface area contributed by atoms with Crippen molar-refractivity contribution in [3.8, 4) is 0 Å². The minimum atomic E-state index is 1.01. The standard InChI is InChI=1S/C21H26N2Se/c1-13-9-15(3)19(16(4)10-13)22-7-8-23(21(22)24)20-17(5)11-14(2)12-18(20)6/h9-12H,7-8H2,1-6H3. The number of hydrogen-bond acceptors (Lipinski definition) is 2. The Bertz CT molecular complexity index is 709. The van der Waals surface area contributed by atoms with E-state index in [4.69, 9.17) is 0 Å². The first-order chi connectivity index (χ1) is 11.3. The number of hydrogen-bond donors (Lipinski definition) is 0. The van der Waals surface area contributed by atoms with Gasteiger partial charge in [-0.05, 0) is 0 Å². The first-order valence-corrected chi connectivity index (χ1v) is 9.40. The van der Waals surface area contributed by atoms with Crippen molar-refractivity contribution in [1.82, 2.24) is 0 Å². The first kappa shape index (κ1) is 17.3. The molecule has 2 aromatic carbocycles. The molecule has 1 heterocycles. The quantitative estimate of drug-likeness (QED) is 0.718. The van der Waals surface area contributed by atoms with Gasteiger partial charge in [0.2, 0.25) is 0 Å². The number of nitrogens with zero attached hydrogens (tertiary/aromatic N) is 2. The van der Waals surface area contributed by atoms with Gasteiger partial charge in [-0.25, -0.2) is 0 Å². The topological polar surface area (TPSA) is 6.48 Å². The molecule has 0 radical (unpaired) electrons. The average molecular weight is 385 g/mol. The van der Waals surface area contributed by atoms with Gasteiger partial charge in [-0.1, -0.05) is 0 Å². The van der Waals surface area contributed by atoms with Gasteiger partial charge in [0.15, 0.2) is 0 Å². The molecule has 3 heteroatoms. The van der Waals surface area contributed by atoms with Gasteiger partial charge in [-0.3, -0.25) is 0 Å². The normalized spacial score (nSPS) is 14.7.